The molecule has 21 heavy (non-hydrogen) atoms. The summed E-state index contributed by atoms with van der Waals surface area (Å²) in [6, 6.07) is 0. The van der Waals surface area contributed by atoms with Crippen LogP contribution in [0.15, 0.2) is 18.6 Å². The van der Waals surface area contributed by atoms with Crippen LogP contribution in [0.1, 0.15) is 23.8 Å². The lowest BCUT2D eigenvalue weighted by Crippen LogP contribution is -2.42. The van der Waals surface area contributed by atoms with E-state index in [1.807, 2.05) is 6.92 Å². The van der Waals surface area contributed by atoms with Crippen LogP contribution in [0.5, 0.6) is 0 Å². The molecule has 0 aliphatic carbocycles. The van der Waals surface area contributed by atoms with Crippen LogP contribution < -0.4 is 0 Å². The average Bonchev–Trinajstić information content (AvgIpc) is 2.56. The summed E-state index contributed by atoms with van der Waals surface area (Å²) >= 11 is 0. The van der Waals surface area contributed by atoms with E-state index < -0.39 is 0 Å². The zero-order chi connectivity index (χ0) is 15.1. The van der Waals surface area contributed by atoms with Crippen LogP contribution in [0.25, 0.3) is 0 Å². The molecule has 1 aliphatic heterocycles. The van der Waals surface area contributed by atoms with Gasteiger partial charge in [0.1, 0.15) is 5.69 Å². The number of hydrogen-bond acceptors (Lipinski definition) is 5. The predicted molar refractivity (Wildman–Crippen MR) is 75.6 cm³/mol. The highest BCUT2D eigenvalue weighted by atomic mass is 16.5. The van der Waals surface area contributed by atoms with Gasteiger partial charge in [-0.2, -0.15) is 0 Å². The van der Waals surface area contributed by atoms with Crippen molar-refractivity contribution in [3.05, 3.63) is 24.3 Å². The van der Waals surface area contributed by atoms with Crippen molar-refractivity contribution in [2.45, 2.75) is 13.3 Å². The minimum atomic E-state index is -0.194. The monoisotopic (exact) mass is 292 g/mol. The molecule has 2 rings (SSSR count). The minimum absolute atomic E-state index is 0.0590. The van der Waals surface area contributed by atoms with E-state index in [0.29, 0.717) is 51.5 Å². The lowest BCUT2D eigenvalue weighted by molar-refractivity contribution is -0.135. The van der Waals surface area contributed by atoms with Gasteiger partial charge in [0.2, 0.25) is 5.91 Å². The Labute approximate surface area is 123 Å². The molecule has 1 fully saturated rings. The van der Waals surface area contributed by atoms with Gasteiger partial charge < -0.3 is 14.5 Å². The molecule has 0 saturated carbocycles. The van der Waals surface area contributed by atoms with Crippen LogP contribution in [-0.2, 0) is 9.53 Å². The van der Waals surface area contributed by atoms with Gasteiger partial charge in [-0.05, 0) is 6.92 Å². The molecule has 0 bridgehead atoms. The first kappa shape index (κ1) is 15.4. The SMILES string of the molecule is CCN(CCC(=O)N1CCOCC1)C(=O)c1cnccn1. The number of carbonyl (C=O) groups is 2. The van der Waals surface area contributed by atoms with Crippen LogP contribution >= 0.6 is 0 Å². The lowest BCUT2D eigenvalue weighted by Gasteiger charge is -2.28. The molecule has 1 saturated heterocycles. The van der Waals surface area contributed by atoms with E-state index in [2.05, 4.69) is 9.97 Å². The Bertz CT molecular complexity index is 474. The zero-order valence-electron chi connectivity index (χ0n) is 12.2. The molecule has 0 aromatic carbocycles. The van der Waals surface area contributed by atoms with Crippen LogP contribution in [0.3, 0.4) is 0 Å². The van der Waals surface area contributed by atoms with Gasteiger partial charge >= 0.3 is 0 Å². The van der Waals surface area contributed by atoms with Gasteiger partial charge in [0.15, 0.2) is 0 Å². The number of amides is 2. The third kappa shape index (κ3) is 4.22. The molecule has 2 amide bonds. The number of morpholine rings is 1. The van der Waals surface area contributed by atoms with E-state index in [9.17, 15) is 9.59 Å². The molecule has 1 aromatic rings. The van der Waals surface area contributed by atoms with Crippen LogP contribution in [0.4, 0.5) is 0 Å². The summed E-state index contributed by atoms with van der Waals surface area (Å²) in [4.78, 5) is 35.6. The normalized spacial score (nSPS) is 14.8. The van der Waals surface area contributed by atoms with Crippen molar-refractivity contribution in [2.24, 2.45) is 0 Å². The predicted octanol–water partition coefficient (Wildman–Crippen LogP) is 0.188. The molecule has 7 heteroatoms. The highest BCUT2D eigenvalue weighted by Gasteiger charge is 2.20. The standard InChI is InChI=1S/C14H20N4O3/c1-2-17(14(20)12-11-15-4-5-16-12)6-3-13(19)18-7-9-21-10-8-18/h4-5,11H,2-3,6-10H2,1H3. The van der Waals surface area contributed by atoms with Crippen molar-refractivity contribution in [2.75, 3.05) is 39.4 Å². The molecule has 114 valence electrons. The number of hydrogen-bond donors (Lipinski definition) is 0. The van der Waals surface area contributed by atoms with E-state index >= 15 is 0 Å². The number of nitrogens with zero attached hydrogens (tertiary/aromatic N) is 4. The molecule has 0 atom stereocenters. The smallest absolute Gasteiger partial charge is 0.274 e. The Morgan fingerprint density at radius 3 is 2.71 bits per heavy atom. The quantitative estimate of drug-likeness (QED) is 0.774. The molecular formula is C14H20N4O3. The highest BCUT2D eigenvalue weighted by Crippen LogP contribution is 2.04. The van der Waals surface area contributed by atoms with E-state index in [4.69, 9.17) is 4.74 Å². The Morgan fingerprint density at radius 1 is 1.33 bits per heavy atom. The van der Waals surface area contributed by atoms with E-state index in [1.165, 1.54) is 18.6 Å². The summed E-state index contributed by atoms with van der Waals surface area (Å²) in [5.74, 6) is -0.135. The van der Waals surface area contributed by atoms with Gasteiger partial charge in [-0.3, -0.25) is 14.6 Å². The Morgan fingerprint density at radius 2 is 2.10 bits per heavy atom. The van der Waals surface area contributed by atoms with Crippen LogP contribution in [0, 0.1) is 0 Å². The highest BCUT2D eigenvalue weighted by molar-refractivity contribution is 5.92. The first-order valence-electron chi connectivity index (χ1n) is 7.13. The molecule has 0 radical (unpaired) electrons. The maximum atomic E-state index is 12.2. The summed E-state index contributed by atoms with van der Waals surface area (Å²) in [7, 11) is 0. The van der Waals surface area contributed by atoms with Gasteiger partial charge in [0, 0.05) is 45.0 Å². The molecule has 1 aliphatic rings. The Kier molecular flexibility index (Phi) is 5.62. The number of rotatable bonds is 5. The number of carbonyl (C=O) groups excluding carboxylic acids is 2. The van der Waals surface area contributed by atoms with Crippen molar-refractivity contribution in [1.82, 2.24) is 19.8 Å². The second-order valence-corrected chi connectivity index (χ2v) is 4.72. The lowest BCUT2D eigenvalue weighted by atomic mass is 10.3. The Balaban J connectivity index is 1.87. The van der Waals surface area contributed by atoms with Gasteiger partial charge in [-0.1, -0.05) is 0 Å². The van der Waals surface area contributed by atoms with Gasteiger partial charge in [0.05, 0.1) is 19.4 Å². The second-order valence-electron chi connectivity index (χ2n) is 4.72. The zero-order valence-corrected chi connectivity index (χ0v) is 12.2. The molecule has 7 nitrogen and oxygen atoms in total. The summed E-state index contributed by atoms with van der Waals surface area (Å²) in [5, 5.41) is 0. The third-order valence-electron chi connectivity index (χ3n) is 3.41. The molecule has 0 unspecified atom stereocenters. The number of ether oxygens (including phenoxy) is 1. The van der Waals surface area contributed by atoms with E-state index in [1.54, 1.807) is 9.80 Å². The fourth-order valence-corrected chi connectivity index (χ4v) is 2.18. The van der Waals surface area contributed by atoms with E-state index in [0.717, 1.165) is 0 Å². The van der Waals surface area contributed by atoms with Gasteiger partial charge in [-0.15, -0.1) is 0 Å². The fraction of sp³-hybridized carbons (Fsp3) is 0.571. The summed E-state index contributed by atoms with van der Waals surface area (Å²) in [6.07, 6.45) is 4.77. The first-order chi connectivity index (χ1) is 10.2. The number of aromatic nitrogens is 2. The van der Waals surface area contributed by atoms with Crippen molar-refractivity contribution >= 4 is 11.8 Å². The largest absolute Gasteiger partial charge is 0.378 e. The molecule has 1 aromatic heterocycles. The second kappa shape index (κ2) is 7.68. The third-order valence-corrected chi connectivity index (χ3v) is 3.41. The summed E-state index contributed by atoms with van der Waals surface area (Å²) in [5.41, 5.74) is 0.304. The topological polar surface area (TPSA) is 75.6 Å². The maximum Gasteiger partial charge on any atom is 0.274 e. The van der Waals surface area contributed by atoms with Crippen molar-refractivity contribution < 1.29 is 14.3 Å². The molecule has 2 heterocycles. The van der Waals surface area contributed by atoms with Crippen molar-refractivity contribution in [3.8, 4) is 0 Å². The average molecular weight is 292 g/mol. The first-order valence-corrected chi connectivity index (χ1v) is 7.13. The molecule has 0 spiro atoms. The fourth-order valence-electron chi connectivity index (χ4n) is 2.18. The van der Waals surface area contributed by atoms with Crippen LogP contribution in [-0.4, -0.2) is 71.0 Å². The molecule has 0 N–H and O–H groups in total. The van der Waals surface area contributed by atoms with Gasteiger partial charge in [-0.25, -0.2) is 4.98 Å². The maximum absolute atomic E-state index is 12.2. The van der Waals surface area contributed by atoms with Crippen molar-refractivity contribution in [1.29, 1.82) is 0 Å². The Hall–Kier alpha value is -2.02. The summed E-state index contributed by atoms with van der Waals surface area (Å²) < 4.78 is 5.22. The van der Waals surface area contributed by atoms with Gasteiger partial charge in [0.25, 0.3) is 5.91 Å². The summed E-state index contributed by atoms with van der Waals surface area (Å²) in [6.45, 7) is 5.23. The minimum Gasteiger partial charge on any atom is -0.378 e. The molecular weight excluding hydrogens is 272 g/mol. The van der Waals surface area contributed by atoms with E-state index in [-0.39, 0.29) is 11.8 Å². The van der Waals surface area contributed by atoms with Crippen molar-refractivity contribution in [3.63, 3.8) is 0 Å². The van der Waals surface area contributed by atoms with Crippen LogP contribution in [0.2, 0.25) is 0 Å².